The first kappa shape index (κ1) is 17.7. The molecule has 4 rings (SSSR count). The Balaban J connectivity index is 1.27. The van der Waals surface area contributed by atoms with Gasteiger partial charge in [0.15, 0.2) is 4.34 Å². The number of aromatic nitrogens is 2. The van der Waals surface area contributed by atoms with Crippen molar-refractivity contribution in [3.63, 3.8) is 0 Å². The van der Waals surface area contributed by atoms with Crippen molar-refractivity contribution in [1.29, 1.82) is 0 Å². The average molecular weight is 396 g/mol. The molecule has 0 aliphatic carbocycles. The Hall–Kier alpha value is -2.71. The molecule has 0 unspecified atom stereocenters. The topological polar surface area (TPSA) is 75.2 Å². The predicted molar refractivity (Wildman–Crippen MR) is 107 cm³/mol. The van der Waals surface area contributed by atoms with Crippen molar-refractivity contribution in [1.82, 2.24) is 15.1 Å². The highest BCUT2D eigenvalue weighted by molar-refractivity contribution is 8.01. The number of amides is 2. The van der Waals surface area contributed by atoms with Crippen LogP contribution in [0, 0.1) is 0 Å². The van der Waals surface area contributed by atoms with Crippen LogP contribution in [0.1, 0.15) is 27.1 Å². The molecule has 0 spiro atoms. The lowest BCUT2D eigenvalue weighted by Gasteiger charge is -2.12. The minimum atomic E-state index is -0.203. The lowest BCUT2D eigenvalue weighted by Crippen LogP contribution is -2.30. The number of hydrogen-bond donors (Lipinski definition) is 1. The molecule has 0 saturated heterocycles. The van der Waals surface area contributed by atoms with E-state index in [1.165, 1.54) is 16.2 Å². The van der Waals surface area contributed by atoms with Crippen LogP contribution in [0.4, 0.5) is 10.8 Å². The molecule has 1 aromatic heterocycles. The molecule has 0 saturated carbocycles. The molecule has 0 bridgehead atoms. The number of para-hydroxylation sites is 1. The van der Waals surface area contributed by atoms with E-state index in [1.54, 1.807) is 36.0 Å². The molecular formula is C19H16N4O2S2. The van der Waals surface area contributed by atoms with Crippen molar-refractivity contribution < 1.29 is 9.59 Å². The number of fused-ring (bicyclic) bond motifs is 1. The maximum Gasteiger partial charge on any atom is 0.261 e. The monoisotopic (exact) mass is 396 g/mol. The number of anilines is 2. The number of rotatable bonds is 7. The van der Waals surface area contributed by atoms with Crippen LogP contribution in [0.2, 0.25) is 0 Å². The summed E-state index contributed by atoms with van der Waals surface area (Å²) in [7, 11) is 0. The first-order valence-corrected chi connectivity index (χ1v) is 10.3. The van der Waals surface area contributed by atoms with Crippen LogP contribution in [0.25, 0.3) is 0 Å². The smallest absolute Gasteiger partial charge is 0.261 e. The number of nitrogens with one attached hydrogen (secondary N) is 1. The van der Waals surface area contributed by atoms with E-state index in [2.05, 4.69) is 15.5 Å². The maximum atomic E-state index is 12.3. The summed E-state index contributed by atoms with van der Waals surface area (Å²) in [6, 6.07) is 16.8. The van der Waals surface area contributed by atoms with Gasteiger partial charge in [-0.05, 0) is 30.7 Å². The summed E-state index contributed by atoms with van der Waals surface area (Å²) < 4.78 is 0.857. The summed E-state index contributed by atoms with van der Waals surface area (Å²) in [5.74, 6) is 0.352. The van der Waals surface area contributed by atoms with E-state index < -0.39 is 0 Å². The zero-order valence-electron chi connectivity index (χ0n) is 14.3. The maximum absolute atomic E-state index is 12.3. The van der Waals surface area contributed by atoms with Gasteiger partial charge in [0.2, 0.25) is 5.13 Å². The van der Waals surface area contributed by atoms with Crippen molar-refractivity contribution in [2.24, 2.45) is 0 Å². The largest absolute Gasteiger partial charge is 0.330 e. The van der Waals surface area contributed by atoms with E-state index in [4.69, 9.17) is 0 Å². The number of hydrogen-bond acceptors (Lipinski definition) is 7. The first-order chi connectivity index (χ1) is 13.2. The van der Waals surface area contributed by atoms with Gasteiger partial charge in [-0.2, -0.15) is 0 Å². The van der Waals surface area contributed by atoms with Crippen LogP contribution in [0.5, 0.6) is 0 Å². The van der Waals surface area contributed by atoms with Gasteiger partial charge in [0.25, 0.3) is 11.8 Å². The van der Waals surface area contributed by atoms with Gasteiger partial charge in [0.1, 0.15) is 0 Å². The molecule has 0 fully saturated rings. The number of benzene rings is 2. The second kappa shape index (κ2) is 7.89. The second-order valence-electron chi connectivity index (χ2n) is 5.87. The van der Waals surface area contributed by atoms with Crippen molar-refractivity contribution in [2.75, 3.05) is 17.6 Å². The Morgan fingerprint density at radius 2 is 1.59 bits per heavy atom. The highest BCUT2D eigenvalue weighted by Gasteiger charge is 2.34. The van der Waals surface area contributed by atoms with Crippen LogP contribution < -0.4 is 5.32 Å². The third kappa shape index (κ3) is 3.86. The lowest BCUT2D eigenvalue weighted by atomic mass is 10.1. The summed E-state index contributed by atoms with van der Waals surface area (Å²) in [6.07, 6.45) is 0.706. The number of imide groups is 1. The third-order valence-electron chi connectivity index (χ3n) is 4.06. The fourth-order valence-electron chi connectivity index (χ4n) is 2.79. The quantitative estimate of drug-likeness (QED) is 0.369. The third-order valence-corrected chi connectivity index (χ3v) is 6.12. The molecule has 2 amide bonds. The average Bonchev–Trinajstić information content (AvgIpc) is 3.24. The van der Waals surface area contributed by atoms with Crippen LogP contribution in [0.15, 0.2) is 58.9 Å². The molecule has 1 aliphatic heterocycles. The molecule has 8 heteroatoms. The minimum absolute atomic E-state index is 0.203. The van der Waals surface area contributed by atoms with Crippen LogP contribution in [0.3, 0.4) is 0 Å². The minimum Gasteiger partial charge on any atom is -0.330 e. The van der Waals surface area contributed by atoms with E-state index in [1.807, 2.05) is 30.3 Å². The summed E-state index contributed by atoms with van der Waals surface area (Å²) in [5, 5.41) is 12.3. The van der Waals surface area contributed by atoms with E-state index in [0.29, 0.717) is 24.1 Å². The van der Waals surface area contributed by atoms with Gasteiger partial charge in [-0.25, -0.2) is 0 Å². The molecule has 136 valence electrons. The van der Waals surface area contributed by atoms with Crippen molar-refractivity contribution in [2.45, 2.75) is 10.8 Å². The molecule has 0 radical (unpaired) electrons. The normalized spacial score (nSPS) is 13.1. The van der Waals surface area contributed by atoms with Gasteiger partial charge in [-0.3, -0.25) is 14.5 Å². The molecule has 2 aromatic carbocycles. The lowest BCUT2D eigenvalue weighted by molar-refractivity contribution is 0.0655. The molecule has 1 aliphatic rings. The van der Waals surface area contributed by atoms with Crippen LogP contribution in [-0.2, 0) is 0 Å². The number of carbonyl (C=O) groups excluding carboxylic acids is 2. The van der Waals surface area contributed by atoms with Gasteiger partial charge in [0, 0.05) is 18.0 Å². The summed E-state index contributed by atoms with van der Waals surface area (Å²) in [5.41, 5.74) is 1.96. The summed E-state index contributed by atoms with van der Waals surface area (Å²) in [6.45, 7) is 0.410. The Morgan fingerprint density at radius 3 is 2.30 bits per heavy atom. The Bertz CT molecular complexity index is 940. The summed E-state index contributed by atoms with van der Waals surface area (Å²) >= 11 is 3.06. The van der Waals surface area contributed by atoms with Gasteiger partial charge >= 0.3 is 0 Å². The second-order valence-corrected chi connectivity index (χ2v) is 8.19. The predicted octanol–water partition coefficient (Wildman–Crippen LogP) is 4.06. The SMILES string of the molecule is O=C1c2ccccc2C(=O)N1CCCSc1nnc(Nc2ccccc2)s1. The Morgan fingerprint density at radius 1 is 0.926 bits per heavy atom. The van der Waals surface area contributed by atoms with Crippen molar-refractivity contribution in [3.05, 3.63) is 65.7 Å². The van der Waals surface area contributed by atoms with Crippen LogP contribution in [-0.4, -0.2) is 39.2 Å². The zero-order chi connectivity index (χ0) is 18.6. The Labute approximate surface area is 164 Å². The van der Waals surface area contributed by atoms with Crippen molar-refractivity contribution in [3.8, 4) is 0 Å². The first-order valence-electron chi connectivity index (χ1n) is 8.46. The van der Waals surface area contributed by atoms with Crippen molar-refractivity contribution >= 4 is 45.7 Å². The molecule has 6 nitrogen and oxygen atoms in total. The number of nitrogens with zero attached hydrogens (tertiary/aromatic N) is 3. The standard InChI is InChI=1S/C19H16N4O2S2/c24-16-14-9-4-5-10-15(14)17(25)23(16)11-6-12-26-19-22-21-18(27-19)20-13-7-2-1-3-8-13/h1-5,7-10H,6,11-12H2,(H,20,21). The highest BCUT2D eigenvalue weighted by Crippen LogP contribution is 2.28. The molecule has 0 atom stereocenters. The molecule has 27 heavy (non-hydrogen) atoms. The zero-order valence-corrected chi connectivity index (χ0v) is 15.9. The molecule has 3 aromatic rings. The fourth-order valence-corrected chi connectivity index (χ4v) is 4.55. The van der Waals surface area contributed by atoms with E-state index in [-0.39, 0.29) is 11.8 Å². The number of thioether (sulfide) groups is 1. The Kier molecular flexibility index (Phi) is 5.17. The van der Waals surface area contributed by atoms with Gasteiger partial charge in [-0.1, -0.05) is 53.4 Å². The van der Waals surface area contributed by atoms with E-state index in [9.17, 15) is 9.59 Å². The molecular weight excluding hydrogens is 380 g/mol. The van der Waals surface area contributed by atoms with Gasteiger partial charge in [0.05, 0.1) is 11.1 Å². The van der Waals surface area contributed by atoms with E-state index in [0.717, 1.165) is 20.9 Å². The highest BCUT2D eigenvalue weighted by atomic mass is 32.2. The van der Waals surface area contributed by atoms with Gasteiger partial charge < -0.3 is 5.32 Å². The molecule has 1 N–H and O–H groups in total. The van der Waals surface area contributed by atoms with Crippen LogP contribution >= 0.6 is 23.1 Å². The number of carbonyl (C=O) groups is 2. The summed E-state index contributed by atoms with van der Waals surface area (Å²) in [4.78, 5) is 26.0. The molecule has 2 heterocycles. The fraction of sp³-hybridized carbons (Fsp3) is 0.158. The van der Waals surface area contributed by atoms with Gasteiger partial charge in [-0.15, -0.1) is 10.2 Å². The van der Waals surface area contributed by atoms with E-state index >= 15 is 0 Å².